The second-order valence-corrected chi connectivity index (χ2v) is 5.05. The molecule has 0 unspecified atom stereocenters. The molecule has 1 aromatic heterocycles. The molecular formula is C16H22N4. The van der Waals surface area contributed by atoms with E-state index in [2.05, 4.69) is 36.6 Å². The van der Waals surface area contributed by atoms with Crippen molar-refractivity contribution in [1.29, 1.82) is 5.41 Å². The lowest BCUT2D eigenvalue weighted by molar-refractivity contribution is 0.638. The number of amidine groups is 1. The summed E-state index contributed by atoms with van der Waals surface area (Å²) in [5, 5.41) is 12.1. The first-order valence-electron chi connectivity index (χ1n) is 7.04. The van der Waals surface area contributed by atoms with E-state index in [1.54, 1.807) is 0 Å². The molecule has 106 valence electrons. The standard InChI is InChI=1S/C16H22N4/c1-4-14-9-15(5-2)20(19-14)10-13-7-6-12(16(17)18)8-11(13)3/h6-9H,4-5,10H2,1-3H3,(H3,17,18). The molecule has 0 saturated heterocycles. The number of rotatable bonds is 5. The van der Waals surface area contributed by atoms with Crippen molar-refractivity contribution in [3.8, 4) is 0 Å². The van der Waals surface area contributed by atoms with E-state index in [9.17, 15) is 0 Å². The first kappa shape index (κ1) is 14.3. The largest absolute Gasteiger partial charge is 0.384 e. The Morgan fingerprint density at radius 3 is 2.55 bits per heavy atom. The third kappa shape index (κ3) is 2.90. The minimum Gasteiger partial charge on any atom is -0.384 e. The second-order valence-electron chi connectivity index (χ2n) is 5.05. The van der Waals surface area contributed by atoms with Crippen LogP contribution in [0, 0.1) is 12.3 Å². The molecule has 0 aliphatic rings. The number of benzene rings is 1. The van der Waals surface area contributed by atoms with E-state index in [0.717, 1.165) is 36.2 Å². The van der Waals surface area contributed by atoms with Crippen LogP contribution >= 0.6 is 0 Å². The summed E-state index contributed by atoms with van der Waals surface area (Å²) in [5.41, 5.74) is 11.1. The zero-order valence-electron chi connectivity index (χ0n) is 12.4. The number of nitrogen functional groups attached to an aromatic ring is 1. The maximum absolute atomic E-state index is 7.48. The Hall–Kier alpha value is -2.10. The van der Waals surface area contributed by atoms with Gasteiger partial charge in [-0.05, 0) is 43.0 Å². The number of aromatic nitrogens is 2. The number of nitrogens with two attached hydrogens (primary N) is 1. The molecule has 0 spiro atoms. The smallest absolute Gasteiger partial charge is 0.122 e. The molecule has 0 aliphatic heterocycles. The Bertz CT molecular complexity index is 625. The van der Waals surface area contributed by atoms with Crippen LogP contribution < -0.4 is 5.73 Å². The highest BCUT2D eigenvalue weighted by Crippen LogP contribution is 2.15. The molecule has 0 amide bonds. The van der Waals surface area contributed by atoms with Crippen LogP contribution in [0.25, 0.3) is 0 Å². The average molecular weight is 270 g/mol. The number of hydrogen-bond donors (Lipinski definition) is 2. The SMILES string of the molecule is CCc1cc(CC)n(Cc2ccc(C(=N)N)cc2C)n1. The maximum atomic E-state index is 7.48. The molecule has 1 heterocycles. The number of hydrogen-bond acceptors (Lipinski definition) is 2. The van der Waals surface area contributed by atoms with Crippen molar-refractivity contribution in [2.75, 3.05) is 0 Å². The van der Waals surface area contributed by atoms with Gasteiger partial charge in [0.2, 0.25) is 0 Å². The Morgan fingerprint density at radius 1 is 1.25 bits per heavy atom. The lowest BCUT2D eigenvalue weighted by Gasteiger charge is -2.10. The highest BCUT2D eigenvalue weighted by atomic mass is 15.3. The summed E-state index contributed by atoms with van der Waals surface area (Å²) in [7, 11) is 0. The van der Waals surface area contributed by atoms with E-state index >= 15 is 0 Å². The van der Waals surface area contributed by atoms with Crippen LogP contribution in [0.3, 0.4) is 0 Å². The zero-order chi connectivity index (χ0) is 14.7. The number of aryl methyl sites for hydroxylation is 3. The van der Waals surface area contributed by atoms with Gasteiger partial charge in [-0.2, -0.15) is 5.10 Å². The predicted octanol–water partition coefficient (Wildman–Crippen LogP) is 2.65. The summed E-state index contributed by atoms with van der Waals surface area (Å²) in [6, 6.07) is 8.09. The highest BCUT2D eigenvalue weighted by Gasteiger charge is 2.08. The van der Waals surface area contributed by atoms with Gasteiger partial charge in [0.15, 0.2) is 0 Å². The molecule has 20 heavy (non-hydrogen) atoms. The Morgan fingerprint density at radius 2 is 2.00 bits per heavy atom. The molecule has 0 aliphatic carbocycles. The normalized spacial score (nSPS) is 10.8. The summed E-state index contributed by atoms with van der Waals surface area (Å²) in [4.78, 5) is 0. The fourth-order valence-electron chi connectivity index (χ4n) is 2.31. The van der Waals surface area contributed by atoms with E-state index in [0.29, 0.717) is 0 Å². The minimum atomic E-state index is 0.112. The van der Waals surface area contributed by atoms with Crippen molar-refractivity contribution < 1.29 is 0 Å². The number of nitrogens with one attached hydrogen (secondary N) is 1. The molecule has 2 rings (SSSR count). The fourth-order valence-corrected chi connectivity index (χ4v) is 2.31. The van der Waals surface area contributed by atoms with Gasteiger partial charge < -0.3 is 5.73 Å². The molecule has 0 atom stereocenters. The molecular weight excluding hydrogens is 248 g/mol. The van der Waals surface area contributed by atoms with Crippen molar-refractivity contribution in [3.63, 3.8) is 0 Å². The van der Waals surface area contributed by atoms with E-state index < -0.39 is 0 Å². The van der Waals surface area contributed by atoms with Crippen LogP contribution in [-0.2, 0) is 19.4 Å². The van der Waals surface area contributed by atoms with Gasteiger partial charge in [0.25, 0.3) is 0 Å². The third-order valence-corrected chi connectivity index (χ3v) is 3.61. The molecule has 0 bridgehead atoms. The summed E-state index contributed by atoms with van der Waals surface area (Å²) in [5.74, 6) is 0.112. The van der Waals surface area contributed by atoms with Crippen molar-refractivity contribution in [2.45, 2.75) is 40.2 Å². The minimum absolute atomic E-state index is 0.112. The van der Waals surface area contributed by atoms with E-state index in [4.69, 9.17) is 11.1 Å². The van der Waals surface area contributed by atoms with E-state index in [1.807, 2.05) is 18.2 Å². The Labute approximate surface area is 120 Å². The van der Waals surface area contributed by atoms with Gasteiger partial charge in [0, 0.05) is 11.3 Å². The molecule has 4 nitrogen and oxygen atoms in total. The lowest BCUT2D eigenvalue weighted by Crippen LogP contribution is -2.12. The van der Waals surface area contributed by atoms with Gasteiger partial charge in [0.05, 0.1) is 12.2 Å². The van der Waals surface area contributed by atoms with Crippen molar-refractivity contribution in [3.05, 3.63) is 52.3 Å². The molecule has 2 aromatic rings. The van der Waals surface area contributed by atoms with Crippen LogP contribution in [0.2, 0.25) is 0 Å². The summed E-state index contributed by atoms with van der Waals surface area (Å²) >= 11 is 0. The van der Waals surface area contributed by atoms with Crippen molar-refractivity contribution >= 4 is 5.84 Å². The fraction of sp³-hybridized carbons (Fsp3) is 0.375. The molecule has 1 aromatic carbocycles. The molecule has 4 heteroatoms. The van der Waals surface area contributed by atoms with Gasteiger partial charge in [-0.25, -0.2) is 0 Å². The summed E-state index contributed by atoms with van der Waals surface area (Å²) in [6.07, 6.45) is 1.94. The van der Waals surface area contributed by atoms with Gasteiger partial charge in [-0.15, -0.1) is 0 Å². The van der Waals surface area contributed by atoms with Crippen LogP contribution in [0.1, 0.15) is 41.9 Å². The van der Waals surface area contributed by atoms with E-state index in [1.165, 1.54) is 11.3 Å². The van der Waals surface area contributed by atoms with E-state index in [-0.39, 0.29) is 5.84 Å². The van der Waals surface area contributed by atoms with Crippen LogP contribution in [0.4, 0.5) is 0 Å². The first-order valence-corrected chi connectivity index (χ1v) is 7.04. The van der Waals surface area contributed by atoms with Crippen LogP contribution in [0.5, 0.6) is 0 Å². The lowest BCUT2D eigenvalue weighted by atomic mass is 10.0. The Balaban J connectivity index is 2.30. The first-order chi connectivity index (χ1) is 9.55. The van der Waals surface area contributed by atoms with Crippen LogP contribution in [-0.4, -0.2) is 15.6 Å². The van der Waals surface area contributed by atoms with Crippen molar-refractivity contribution in [2.24, 2.45) is 5.73 Å². The highest BCUT2D eigenvalue weighted by molar-refractivity contribution is 5.95. The predicted molar refractivity (Wildman–Crippen MR) is 82.3 cm³/mol. The zero-order valence-corrected chi connectivity index (χ0v) is 12.4. The summed E-state index contributed by atoms with van der Waals surface area (Å²) in [6.45, 7) is 7.10. The summed E-state index contributed by atoms with van der Waals surface area (Å²) < 4.78 is 2.08. The van der Waals surface area contributed by atoms with Gasteiger partial charge in [0.1, 0.15) is 5.84 Å². The van der Waals surface area contributed by atoms with Gasteiger partial charge in [-0.1, -0.05) is 26.0 Å². The third-order valence-electron chi connectivity index (χ3n) is 3.61. The maximum Gasteiger partial charge on any atom is 0.122 e. The van der Waals surface area contributed by atoms with Gasteiger partial charge in [-0.3, -0.25) is 10.1 Å². The molecule has 0 saturated carbocycles. The number of nitrogens with zero attached hydrogens (tertiary/aromatic N) is 2. The van der Waals surface area contributed by atoms with Gasteiger partial charge >= 0.3 is 0 Å². The second kappa shape index (κ2) is 5.90. The topological polar surface area (TPSA) is 67.7 Å². The van der Waals surface area contributed by atoms with Crippen molar-refractivity contribution in [1.82, 2.24) is 9.78 Å². The van der Waals surface area contributed by atoms with Crippen LogP contribution in [0.15, 0.2) is 24.3 Å². The molecule has 0 radical (unpaired) electrons. The monoisotopic (exact) mass is 270 g/mol. The average Bonchev–Trinajstić information content (AvgIpc) is 2.83. The Kier molecular flexibility index (Phi) is 4.23. The molecule has 0 fully saturated rings. The quantitative estimate of drug-likeness (QED) is 0.648. The molecule has 3 N–H and O–H groups in total.